The van der Waals surface area contributed by atoms with Gasteiger partial charge in [-0.1, -0.05) is 20.8 Å². The van der Waals surface area contributed by atoms with Gasteiger partial charge in [0, 0.05) is 55.7 Å². The monoisotopic (exact) mass is 363 g/mol. The van der Waals surface area contributed by atoms with Crippen LogP contribution in [0.4, 0.5) is 11.6 Å². The molecule has 0 bridgehead atoms. The first-order chi connectivity index (χ1) is 13.0. The molecule has 27 heavy (non-hydrogen) atoms. The molecular formula is C20H25N7. The maximum Gasteiger partial charge on any atom is 0.157 e. The van der Waals surface area contributed by atoms with Gasteiger partial charge in [0.25, 0.3) is 0 Å². The maximum atomic E-state index is 4.74. The molecule has 2 aliphatic heterocycles. The Balaban J connectivity index is 1.28. The lowest BCUT2D eigenvalue weighted by atomic mass is 9.92. The van der Waals surface area contributed by atoms with Crippen molar-refractivity contribution in [1.29, 1.82) is 0 Å². The number of anilines is 2. The van der Waals surface area contributed by atoms with E-state index in [4.69, 9.17) is 4.98 Å². The molecule has 0 amide bonds. The number of aromatic nitrogens is 5. The van der Waals surface area contributed by atoms with Crippen molar-refractivity contribution in [3.8, 4) is 0 Å². The summed E-state index contributed by atoms with van der Waals surface area (Å²) < 4.78 is 1.81. The molecule has 0 aliphatic carbocycles. The first kappa shape index (κ1) is 16.5. The van der Waals surface area contributed by atoms with Crippen LogP contribution in [0.25, 0.3) is 5.65 Å². The second kappa shape index (κ2) is 5.90. The van der Waals surface area contributed by atoms with Crippen LogP contribution in [-0.2, 0) is 5.41 Å². The smallest absolute Gasteiger partial charge is 0.157 e. The molecule has 2 fully saturated rings. The van der Waals surface area contributed by atoms with Crippen LogP contribution in [-0.4, -0.2) is 51.0 Å². The Morgan fingerprint density at radius 1 is 0.852 bits per heavy atom. The number of hydrogen-bond donors (Lipinski definition) is 0. The molecule has 0 saturated carbocycles. The minimum Gasteiger partial charge on any atom is -0.356 e. The van der Waals surface area contributed by atoms with E-state index < -0.39 is 0 Å². The van der Waals surface area contributed by atoms with Gasteiger partial charge in [-0.05, 0) is 18.2 Å². The number of hydrogen-bond acceptors (Lipinski definition) is 6. The average molecular weight is 363 g/mol. The summed E-state index contributed by atoms with van der Waals surface area (Å²) in [4.78, 5) is 9.54. The van der Waals surface area contributed by atoms with Crippen LogP contribution in [0.15, 0.2) is 36.7 Å². The van der Waals surface area contributed by atoms with Crippen LogP contribution in [0, 0.1) is 11.8 Å². The second-order valence-corrected chi connectivity index (χ2v) is 8.78. The molecule has 5 heterocycles. The Hall–Kier alpha value is -2.70. The molecule has 5 rings (SSSR count). The predicted octanol–water partition coefficient (Wildman–Crippen LogP) is 2.39. The summed E-state index contributed by atoms with van der Waals surface area (Å²) in [5.41, 5.74) is 1.98. The minimum absolute atomic E-state index is 0.0389. The number of nitrogens with zero attached hydrogens (tertiary/aromatic N) is 7. The van der Waals surface area contributed by atoms with Gasteiger partial charge in [-0.25, -0.2) is 9.50 Å². The van der Waals surface area contributed by atoms with E-state index in [2.05, 4.69) is 64.1 Å². The van der Waals surface area contributed by atoms with Crippen LogP contribution in [0.2, 0.25) is 0 Å². The Kier molecular flexibility index (Phi) is 3.60. The molecule has 0 N–H and O–H groups in total. The lowest BCUT2D eigenvalue weighted by Gasteiger charge is -2.23. The van der Waals surface area contributed by atoms with E-state index in [0.29, 0.717) is 11.8 Å². The van der Waals surface area contributed by atoms with E-state index in [1.807, 2.05) is 16.8 Å². The Labute approximate surface area is 159 Å². The van der Waals surface area contributed by atoms with E-state index >= 15 is 0 Å². The molecule has 3 aromatic rings. The van der Waals surface area contributed by atoms with Crippen molar-refractivity contribution in [1.82, 2.24) is 24.8 Å². The highest BCUT2D eigenvalue weighted by atomic mass is 15.3. The summed E-state index contributed by atoms with van der Waals surface area (Å²) >= 11 is 0. The summed E-state index contributed by atoms with van der Waals surface area (Å²) in [6.45, 7) is 10.7. The lowest BCUT2D eigenvalue weighted by molar-refractivity contribution is 0.533. The van der Waals surface area contributed by atoms with Gasteiger partial charge in [-0.3, -0.25) is 0 Å². The highest BCUT2D eigenvalue weighted by molar-refractivity contribution is 5.49. The Morgan fingerprint density at radius 2 is 1.56 bits per heavy atom. The molecule has 3 aromatic heterocycles. The fraction of sp³-hybridized carbons (Fsp3) is 0.500. The van der Waals surface area contributed by atoms with Gasteiger partial charge >= 0.3 is 0 Å². The van der Waals surface area contributed by atoms with Crippen LogP contribution < -0.4 is 9.80 Å². The van der Waals surface area contributed by atoms with E-state index in [0.717, 1.165) is 49.2 Å². The largest absolute Gasteiger partial charge is 0.356 e. The lowest BCUT2D eigenvalue weighted by Crippen LogP contribution is -2.30. The van der Waals surface area contributed by atoms with Gasteiger partial charge in [0.2, 0.25) is 0 Å². The van der Waals surface area contributed by atoms with E-state index in [1.165, 1.54) is 0 Å². The van der Waals surface area contributed by atoms with Crippen molar-refractivity contribution in [2.75, 3.05) is 36.0 Å². The molecule has 0 radical (unpaired) electrons. The van der Waals surface area contributed by atoms with E-state index in [9.17, 15) is 0 Å². The molecule has 2 saturated heterocycles. The van der Waals surface area contributed by atoms with Crippen molar-refractivity contribution in [2.24, 2.45) is 11.8 Å². The van der Waals surface area contributed by atoms with E-state index in [1.54, 1.807) is 6.20 Å². The van der Waals surface area contributed by atoms with Crippen molar-refractivity contribution in [3.05, 3.63) is 42.4 Å². The molecule has 7 nitrogen and oxygen atoms in total. The van der Waals surface area contributed by atoms with Gasteiger partial charge in [-0.15, -0.1) is 5.10 Å². The summed E-state index contributed by atoms with van der Waals surface area (Å²) in [5, 5.41) is 13.2. The summed E-state index contributed by atoms with van der Waals surface area (Å²) in [5.74, 6) is 3.36. The quantitative estimate of drug-likeness (QED) is 0.697. The summed E-state index contributed by atoms with van der Waals surface area (Å²) in [7, 11) is 0. The van der Waals surface area contributed by atoms with Crippen molar-refractivity contribution in [2.45, 2.75) is 26.2 Å². The summed E-state index contributed by atoms with van der Waals surface area (Å²) in [6.07, 6.45) is 3.78. The minimum atomic E-state index is 0.0389. The maximum absolute atomic E-state index is 4.74. The SMILES string of the molecule is CC(C)(C)c1ccc(N2CC3CN(c4ccn5nccc5n4)CC3C2)nn1. The normalized spacial score (nSPS) is 22.6. The van der Waals surface area contributed by atoms with Crippen LogP contribution in [0.3, 0.4) is 0 Å². The molecular weight excluding hydrogens is 338 g/mol. The van der Waals surface area contributed by atoms with Crippen molar-refractivity contribution >= 4 is 17.3 Å². The van der Waals surface area contributed by atoms with Crippen molar-refractivity contribution in [3.63, 3.8) is 0 Å². The van der Waals surface area contributed by atoms with Crippen LogP contribution in [0.5, 0.6) is 0 Å². The zero-order valence-corrected chi connectivity index (χ0v) is 16.1. The predicted molar refractivity (Wildman–Crippen MR) is 105 cm³/mol. The first-order valence-electron chi connectivity index (χ1n) is 9.62. The third-order valence-corrected chi connectivity index (χ3v) is 5.80. The number of fused-ring (bicyclic) bond motifs is 2. The third-order valence-electron chi connectivity index (χ3n) is 5.80. The highest BCUT2D eigenvalue weighted by Gasteiger charge is 2.41. The number of rotatable bonds is 2. The summed E-state index contributed by atoms with van der Waals surface area (Å²) in [6, 6.07) is 8.26. The van der Waals surface area contributed by atoms with Gasteiger partial charge in [0.05, 0.1) is 11.9 Å². The molecule has 7 heteroatoms. The van der Waals surface area contributed by atoms with E-state index in [-0.39, 0.29) is 5.41 Å². The van der Waals surface area contributed by atoms with Gasteiger partial charge in [-0.2, -0.15) is 10.2 Å². The standard InChI is InChI=1S/C20H25N7/c1-20(2,3)16-4-5-19(24-23-16)26-12-14-10-25(11-15(14)13-26)17-7-9-27-18(22-17)6-8-21-27/h4-9,14-15H,10-13H2,1-3H3. The zero-order chi connectivity index (χ0) is 18.6. The molecule has 2 atom stereocenters. The molecule has 2 unspecified atom stereocenters. The molecule has 0 aromatic carbocycles. The van der Waals surface area contributed by atoms with Gasteiger partial charge in [0.15, 0.2) is 11.5 Å². The molecule has 2 aliphatic rings. The average Bonchev–Trinajstić information content (AvgIpc) is 3.34. The topological polar surface area (TPSA) is 62.5 Å². The fourth-order valence-corrected chi connectivity index (χ4v) is 4.24. The Morgan fingerprint density at radius 3 is 2.19 bits per heavy atom. The Bertz CT molecular complexity index is 942. The van der Waals surface area contributed by atoms with Gasteiger partial charge < -0.3 is 9.80 Å². The van der Waals surface area contributed by atoms with Gasteiger partial charge in [0.1, 0.15) is 5.82 Å². The molecule has 140 valence electrons. The second-order valence-electron chi connectivity index (χ2n) is 8.78. The highest BCUT2D eigenvalue weighted by Crippen LogP contribution is 2.35. The first-order valence-corrected chi connectivity index (χ1v) is 9.62. The van der Waals surface area contributed by atoms with Crippen LogP contribution in [0.1, 0.15) is 26.5 Å². The van der Waals surface area contributed by atoms with Crippen LogP contribution >= 0.6 is 0 Å². The molecule has 0 spiro atoms. The van der Waals surface area contributed by atoms with Crippen molar-refractivity contribution < 1.29 is 0 Å². The zero-order valence-electron chi connectivity index (χ0n) is 16.1. The third kappa shape index (κ3) is 2.91. The fourth-order valence-electron chi connectivity index (χ4n) is 4.24.